The molecular formula is C27H35N3O4S. The Morgan fingerprint density at radius 3 is 2.06 bits per heavy atom. The molecule has 0 N–H and O–H groups in total. The van der Waals surface area contributed by atoms with Crippen LogP contribution in [0.15, 0.2) is 59.5 Å². The minimum atomic E-state index is -3.53. The average molecular weight is 498 g/mol. The molecule has 4 rings (SSSR count). The summed E-state index contributed by atoms with van der Waals surface area (Å²) in [7, 11) is -3.53. The van der Waals surface area contributed by atoms with Gasteiger partial charge in [-0.2, -0.15) is 4.31 Å². The number of carbonyl (C=O) groups excluding carboxylic acids is 2. The highest BCUT2D eigenvalue weighted by Crippen LogP contribution is 2.24. The van der Waals surface area contributed by atoms with Gasteiger partial charge in [-0.25, -0.2) is 8.42 Å². The van der Waals surface area contributed by atoms with E-state index in [9.17, 15) is 18.0 Å². The molecule has 2 amide bonds. The van der Waals surface area contributed by atoms with E-state index in [0.29, 0.717) is 57.2 Å². The highest BCUT2D eigenvalue weighted by atomic mass is 32.2. The number of benzene rings is 2. The highest BCUT2D eigenvalue weighted by Gasteiger charge is 2.29. The molecular weight excluding hydrogens is 462 g/mol. The second-order valence-electron chi connectivity index (χ2n) is 9.62. The summed E-state index contributed by atoms with van der Waals surface area (Å²) in [6.07, 6.45) is 3.95. The Kier molecular flexibility index (Phi) is 8.23. The maximum Gasteiger partial charge on any atom is 0.253 e. The van der Waals surface area contributed by atoms with Crippen LogP contribution in [0, 0.1) is 5.92 Å². The van der Waals surface area contributed by atoms with Crippen molar-refractivity contribution in [2.75, 3.05) is 39.3 Å². The fourth-order valence-electron chi connectivity index (χ4n) is 4.73. The van der Waals surface area contributed by atoms with Crippen LogP contribution < -0.4 is 0 Å². The van der Waals surface area contributed by atoms with Gasteiger partial charge in [0.05, 0.1) is 4.90 Å². The largest absolute Gasteiger partial charge is 0.339 e. The van der Waals surface area contributed by atoms with Crippen LogP contribution in [0.25, 0.3) is 0 Å². The lowest BCUT2D eigenvalue weighted by atomic mass is 10.0. The molecule has 2 aliphatic heterocycles. The molecule has 188 valence electrons. The Bertz CT molecular complexity index is 1100. The molecule has 2 aromatic rings. The molecule has 0 atom stereocenters. The minimum Gasteiger partial charge on any atom is -0.339 e. The van der Waals surface area contributed by atoms with Crippen molar-refractivity contribution in [1.29, 1.82) is 0 Å². The van der Waals surface area contributed by atoms with E-state index < -0.39 is 10.0 Å². The van der Waals surface area contributed by atoms with E-state index in [2.05, 4.69) is 19.1 Å². The van der Waals surface area contributed by atoms with Gasteiger partial charge in [-0.15, -0.1) is 0 Å². The summed E-state index contributed by atoms with van der Waals surface area (Å²) in [6, 6.07) is 16.4. The molecule has 7 nitrogen and oxygen atoms in total. The van der Waals surface area contributed by atoms with Crippen molar-refractivity contribution in [2.24, 2.45) is 5.92 Å². The summed E-state index contributed by atoms with van der Waals surface area (Å²) >= 11 is 0. The van der Waals surface area contributed by atoms with Gasteiger partial charge in [-0.1, -0.05) is 37.3 Å². The summed E-state index contributed by atoms with van der Waals surface area (Å²) in [5.41, 5.74) is 1.71. The molecule has 2 heterocycles. The van der Waals surface area contributed by atoms with Gasteiger partial charge in [-0.05, 0) is 61.4 Å². The number of rotatable bonds is 7. The van der Waals surface area contributed by atoms with Gasteiger partial charge in [0.15, 0.2) is 0 Å². The zero-order chi connectivity index (χ0) is 24.8. The van der Waals surface area contributed by atoms with Gasteiger partial charge in [-0.3, -0.25) is 9.59 Å². The number of nitrogens with zero attached hydrogens (tertiary/aromatic N) is 3. The third kappa shape index (κ3) is 6.30. The van der Waals surface area contributed by atoms with Gasteiger partial charge in [0.25, 0.3) is 5.91 Å². The van der Waals surface area contributed by atoms with Gasteiger partial charge < -0.3 is 9.80 Å². The molecule has 2 fully saturated rings. The number of piperazine rings is 1. The van der Waals surface area contributed by atoms with Crippen LogP contribution in [0.5, 0.6) is 0 Å². The number of piperidine rings is 1. The summed E-state index contributed by atoms with van der Waals surface area (Å²) in [4.78, 5) is 29.4. The summed E-state index contributed by atoms with van der Waals surface area (Å²) in [5, 5.41) is 0. The topological polar surface area (TPSA) is 78.0 Å². The lowest BCUT2D eigenvalue weighted by Crippen LogP contribution is -2.50. The summed E-state index contributed by atoms with van der Waals surface area (Å²) in [5.74, 6) is 0.554. The highest BCUT2D eigenvalue weighted by molar-refractivity contribution is 7.89. The lowest BCUT2D eigenvalue weighted by molar-refractivity contribution is -0.132. The van der Waals surface area contributed by atoms with Crippen LogP contribution in [0.3, 0.4) is 0 Å². The van der Waals surface area contributed by atoms with E-state index in [0.717, 1.165) is 25.7 Å². The quantitative estimate of drug-likeness (QED) is 0.587. The molecule has 0 aromatic heterocycles. The second kappa shape index (κ2) is 11.4. The van der Waals surface area contributed by atoms with E-state index in [1.165, 1.54) is 17.7 Å². The van der Waals surface area contributed by atoms with Crippen LogP contribution in [0.2, 0.25) is 0 Å². The van der Waals surface area contributed by atoms with Crippen LogP contribution >= 0.6 is 0 Å². The maximum atomic E-state index is 13.0. The molecule has 0 spiro atoms. The molecule has 2 saturated heterocycles. The standard InChI is InChI=1S/C27H35N3O4S/c1-22-14-16-30(17-15-22)35(33,34)25-12-10-24(11-13-25)27(32)29-20-18-28(19-21-29)26(31)9-5-8-23-6-3-2-4-7-23/h2-4,6-7,10-13,22H,5,8-9,14-21H2,1H3. The Hall–Kier alpha value is -2.71. The van der Waals surface area contributed by atoms with Crippen molar-refractivity contribution in [3.05, 3.63) is 65.7 Å². The number of carbonyl (C=O) groups is 2. The Morgan fingerprint density at radius 1 is 0.829 bits per heavy atom. The summed E-state index contributed by atoms with van der Waals surface area (Å²) in [6.45, 7) is 5.24. The lowest BCUT2D eigenvalue weighted by Gasteiger charge is -2.35. The first kappa shape index (κ1) is 25.4. The zero-order valence-corrected chi connectivity index (χ0v) is 21.3. The molecule has 8 heteroatoms. The fraction of sp³-hybridized carbons (Fsp3) is 0.481. The van der Waals surface area contributed by atoms with E-state index >= 15 is 0 Å². The third-order valence-electron chi connectivity index (χ3n) is 7.10. The van der Waals surface area contributed by atoms with Crippen molar-refractivity contribution in [1.82, 2.24) is 14.1 Å². The number of hydrogen-bond donors (Lipinski definition) is 0. The average Bonchev–Trinajstić information content (AvgIpc) is 2.89. The van der Waals surface area contributed by atoms with Crippen LogP contribution in [0.4, 0.5) is 0 Å². The predicted octanol–water partition coefficient (Wildman–Crippen LogP) is 3.41. The van der Waals surface area contributed by atoms with Gasteiger partial charge >= 0.3 is 0 Å². The van der Waals surface area contributed by atoms with Crippen molar-refractivity contribution in [2.45, 2.75) is 43.9 Å². The minimum absolute atomic E-state index is 0.128. The van der Waals surface area contributed by atoms with Crippen molar-refractivity contribution >= 4 is 21.8 Å². The number of aryl methyl sites for hydroxylation is 1. The molecule has 35 heavy (non-hydrogen) atoms. The van der Waals surface area contributed by atoms with Crippen molar-refractivity contribution in [3.8, 4) is 0 Å². The van der Waals surface area contributed by atoms with Crippen LogP contribution in [-0.4, -0.2) is 73.6 Å². The van der Waals surface area contributed by atoms with Gasteiger partial charge in [0, 0.05) is 51.3 Å². The number of hydrogen-bond acceptors (Lipinski definition) is 4. The van der Waals surface area contributed by atoms with E-state index in [4.69, 9.17) is 0 Å². The normalized spacial score (nSPS) is 18.0. The SMILES string of the molecule is CC1CCN(S(=O)(=O)c2ccc(C(=O)N3CCN(C(=O)CCCc4ccccc4)CC3)cc2)CC1. The van der Waals surface area contributed by atoms with Crippen molar-refractivity contribution in [3.63, 3.8) is 0 Å². The zero-order valence-electron chi connectivity index (χ0n) is 20.4. The monoisotopic (exact) mass is 497 g/mol. The van der Waals surface area contributed by atoms with Crippen LogP contribution in [0.1, 0.15) is 48.5 Å². The van der Waals surface area contributed by atoms with E-state index in [-0.39, 0.29) is 16.7 Å². The molecule has 0 saturated carbocycles. The maximum absolute atomic E-state index is 13.0. The second-order valence-corrected chi connectivity index (χ2v) is 11.6. The first-order chi connectivity index (χ1) is 16.8. The van der Waals surface area contributed by atoms with Crippen molar-refractivity contribution < 1.29 is 18.0 Å². The van der Waals surface area contributed by atoms with E-state index in [1.54, 1.807) is 21.3 Å². The smallest absolute Gasteiger partial charge is 0.253 e. The van der Waals surface area contributed by atoms with E-state index in [1.807, 2.05) is 23.1 Å². The first-order valence-corrected chi connectivity index (χ1v) is 14.0. The number of amides is 2. The molecule has 2 aromatic carbocycles. The Labute approximate surface area is 208 Å². The molecule has 0 aliphatic carbocycles. The Morgan fingerprint density at radius 2 is 1.43 bits per heavy atom. The molecule has 0 radical (unpaired) electrons. The molecule has 2 aliphatic rings. The molecule has 0 bridgehead atoms. The Balaban J connectivity index is 1.26. The predicted molar refractivity (Wildman–Crippen MR) is 135 cm³/mol. The van der Waals surface area contributed by atoms with Crippen LogP contribution in [-0.2, 0) is 21.2 Å². The first-order valence-electron chi connectivity index (χ1n) is 12.6. The number of sulfonamides is 1. The molecule has 0 unspecified atom stereocenters. The third-order valence-corrected chi connectivity index (χ3v) is 9.01. The summed E-state index contributed by atoms with van der Waals surface area (Å²) < 4.78 is 27.4. The van der Waals surface area contributed by atoms with Gasteiger partial charge in [0.1, 0.15) is 0 Å². The fourth-order valence-corrected chi connectivity index (χ4v) is 6.20. The van der Waals surface area contributed by atoms with Gasteiger partial charge in [0.2, 0.25) is 15.9 Å².